The van der Waals surface area contributed by atoms with Gasteiger partial charge in [0.1, 0.15) is 5.84 Å². The normalized spacial score (nSPS) is 22.6. The maximum Gasteiger partial charge on any atom is 0.328 e. The number of imide groups is 1. The number of nitrogens with zero attached hydrogens (tertiary/aromatic N) is 6. The lowest BCUT2D eigenvalue weighted by Crippen LogP contribution is -2.64. The molecule has 0 spiro atoms. The largest absolute Gasteiger partial charge is 0.379 e. The Kier molecular flexibility index (Phi) is 7.83. The summed E-state index contributed by atoms with van der Waals surface area (Å²) in [4.78, 5) is 40.8. The zero-order chi connectivity index (χ0) is 25.8. The molecule has 0 saturated carbocycles. The SMILES string of the molecule is CN1C(=O)C2C(N=C(CN(Cc3ccccc3)Cc3ccccc3)N2CCN2CCOCC2)N(C)C1=O. The number of benzene rings is 2. The molecular formula is C28H36N6O3. The molecule has 196 valence electrons. The number of fused-ring (bicyclic) bond motifs is 1. The summed E-state index contributed by atoms with van der Waals surface area (Å²) >= 11 is 0. The number of urea groups is 1. The number of morpholine rings is 1. The zero-order valence-corrected chi connectivity index (χ0v) is 21.7. The van der Waals surface area contributed by atoms with E-state index in [1.807, 2.05) is 12.1 Å². The van der Waals surface area contributed by atoms with Crippen LogP contribution >= 0.6 is 0 Å². The Morgan fingerprint density at radius 2 is 1.46 bits per heavy atom. The highest BCUT2D eigenvalue weighted by Gasteiger charge is 2.50. The van der Waals surface area contributed by atoms with E-state index in [9.17, 15) is 9.59 Å². The lowest BCUT2D eigenvalue weighted by molar-refractivity contribution is -0.136. The van der Waals surface area contributed by atoms with E-state index in [0.717, 1.165) is 51.8 Å². The Bertz CT molecular complexity index is 1060. The van der Waals surface area contributed by atoms with E-state index in [2.05, 4.69) is 63.2 Å². The number of carbonyl (C=O) groups excluding carboxylic acids is 2. The summed E-state index contributed by atoms with van der Waals surface area (Å²) in [6, 6.07) is 20.0. The number of aliphatic imine (C=N–C) groups is 1. The minimum absolute atomic E-state index is 0.188. The molecule has 2 atom stereocenters. The first-order chi connectivity index (χ1) is 18.0. The number of hydrogen-bond acceptors (Lipinski definition) is 7. The minimum Gasteiger partial charge on any atom is -0.379 e. The van der Waals surface area contributed by atoms with Gasteiger partial charge in [0.15, 0.2) is 12.2 Å². The number of amides is 3. The van der Waals surface area contributed by atoms with Crippen molar-refractivity contribution >= 4 is 17.8 Å². The van der Waals surface area contributed by atoms with E-state index in [0.29, 0.717) is 13.1 Å². The topological polar surface area (TPSA) is 71.9 Å². The van der Waals surface area contributed by atoms with Crippen LogP contribution < -0.4 is 0 Å². The number of hydrogen-bond donors (Lipinski definition) is 0. The Hall–Kier alpha value is -3.27. The molecule has 9 nitrogen and oxygen atoms in total. The Balaban J connectivity index is 1.41. The summed E-state index contributed by atoms with van der Waals surface area (Å²) in [6.07, 6.45) is -0.508. The zero-order valence-electron chi connectivity index (χ0n) is 21.7. The molecule has 3 aliphatic rings. The summed E-state index contributed by atoms with van der Waals surface area (Å²) < 4.78 is 5.51. The average molecular weight is 505 g/mol. The van der Waals surface area contributed by atoms with Crippen molar-refractivity contribution in [3.63, 3.8) is 0 Å². The molecule has 5 rings (SSSR count). The third kappa shape index (κ3) is 5.69. The maximum atomic E-state index is 13.4. The van der Waals surface area contributed by atoms with Crippen molar-refractivity contribution in [1.82, 2.24) is 24.5 Å². The van der Waals surface area contributed by atoms with E-state index in [-0.39, 0.29) is 11.9 Å². The molecule has 3 heterocycles. The van der Waals surface area contributed by atoms with E-state index >= 15 is 0 Å². The van der Waals surface area contributed by atoms with Crippen molar-refractivity contribution in [3.05, 3.63) is 71.8 Å². The summed E-state index contributed by atoms with van der Waals surface area (Å²) in [6.45, 7) is 6.81. The van der Waals surface area contributed by atoms with Crippen LogP contribution in [0.3, 0.4) is 0 Å². The summed E-state index contributed by atoms with van der Waals surface area (Å²) in [5.74, 6) is 0.671. The van der Waals surface area contributed by atoms with Crippen LogP contribution in [0.2, 0.25) is 0 Å². The molecule has 2 aromatic rings. The van der Waals surface area contributed by atoms with E-state index < -0.39 is 12.2 Å². The van der Waals surface area contributed by atoms with Gasteiger partial charge in [-0.05, 0) is 11.1 Å². The van der Waals surface area contributed by atoms with Gasteiger partial charge >= 0.3 is 6.03 Å². The lowest BCUT2D eigenvalue weighted by atomic mass is 10.1. The standard InChI is InChI=1S/C28H36N6O3/c1-30-26-25(27(35)31(2)28(30)36)34(14-13-32-15-17-37-18-16-32)24(29-26)21-33(19-22-9-5-3-6-10-22)20-23-11-7-4-8-12-23/h3-12,25-26H,13-21H2,1-2H3. The summed E-state index contributed by atoms with van der Waals surface area (Å²) in [7, 11) is 3.30. The molecule has 37 heavy (non-hydrogen) atoms. The molecule has 2 aromatic carbocycles. The first kappa shape index (κ1) is 25.4. The van der Waals surface area contributed by atoms with Gasteiger partial charge in [-0.2, -0.15) is 0 Å². The van der Waals surface area contributed by atoms with Gasteiger partial charge in [-0.25, -0.2) is 9.79 Å². The monoisotopic (exact) mass is 504 g/mol. The molecule has 3 amide bonds. The molecule has 2 fully saturated rings. The molecule has 0 N–H and O–H groups in total. The second kappa shape index (κ2) is 11.4. The molecule has 0 bridgehead atoms. The first-order valence-corrected chi connectivity index (χ1v) is 13.0. The summed E-state index contributed by atoms with van der Waals surface area (Å²) in [5, 5.41) is 0. The minimum atomic E-state index is -0.508. The molecule has 0 aliphatic carbocycles. The number of ether oxygens (including phenoxy) is 1. The second-order valence-corrected chi connectivity index (χ2v) is 9.96. The van der Waals surface area contributed by atoms with Crippen LogP contribution in [0.5, 0.6) is 0 Å². The van der Waals surface area contributed by atoms with Crippen molar-refractivity contribution in [2.45, 2.75) is 25.3 Å². The van der Waals surface area contributed by atoms with Crippen molar-refractivity contribution < 1.29 is 14.3 Å². The van der Waals surface area contributed by atoms with Gasteiger partial charge < -0.3 is 14.5 Å². The van der Waals surface area contributed by atoms with Crippen LogP contribution in [-0.2, 0) is 22.6 Å². The van der Waals surface area contributed by atoms with Crippen LogP contribution in [0.1, 0.15) is 11.1 Å². The molecule has 0 aromatic heterocycles. The van der Waals surface area contributed by atoms with Gasteiger partial charge in [0.25, 0.3) is 5.91 Å². The van der Waals surface area contributed by atoms with Gasteiger partial charge in [-0.1, -0.05) is 60.7 Å². The van der Waals surface area contributed by atoms with Crippen LogP contribution in [0.25, 0.3) is 0 Å². The van der Waals surface area contributed by atoms with Gasteiger partial charge in [0, 0.05) is 53.4 Å². The van der Waals surface area contributed by atoms with Crippen molar-refractivity contribution in [2.75, 3.05) is 60.0 Å². The molecule has 2 saturated heterocycles. The van der Waals surface area contributed by atoms with Crippen LogP contribution in [0.15, 0.2) is 65.7 Å². The van der Waals surface area contributed by atoms with Crippen molar-refractivity contribution in [1.29, 1.82) is 0 Å². The third-order valence-electron chi connectivity index (χ3n) is 7.42. The Morgan fingerprint density at radius 3 is 2.05 bits per heavy atom. The number of amidine groups is 1. The predicted molar refractivity (Wildman–Crippen MR) is 142 cm³/mol. The van der Waals surface area contributed by atoms with Gasteiger partial charge in [0.2, 0.25) is 0 Å². The second-order valence-electron chi connectivity index (χ2n) is 9.96. The maximum absolute atomic E-state index is 13.4. The number of rotatable bonds is 9. The van der Waals surface area contributed by atoms with Crippen LogP contribution in [-0.4, -0.2) is 115 Å². The van der Waals surface area contributed by atoms with Gasteiger partial charge in [-0.15, -0.1) is 0 Å². The van der Waals surface area contributed by atoms with Crippen molar-refractivity contribution in [3.8, 4) is 0 Å². The van der Waals surface area contributed by atoms with Crippen LogP contribution in [0.4, 0.5) is 4.79 Å². The van der Waals surface area contributed by atoms with Gasteiger partial charge in [-0.3, -0.25) is 19.5 Å². The van der Waals surface area contributed by atoms with E-state index in [4.69, 9.17) is 9.73 Å². The molecular weight excluding hydrogens is 468 g/mol. The summed E-state index contributed by atoms with van der Waals surface area (Å²) in [5.41, 5.74) is 2.44. The fourth-order valence-corrected chi connectivity index (χ4v) is 5.35. The van der Waals surface area contributed by atoms with Crippen LogP contribution in [0, 0.1) is 0 Å². The average Bonchev–Trinajstić information content (AvgIpc) is 3.29. The fourth-order valence-electron chi connectivity index (χ4n) is 5.35. The van der Waals surface area contributed by atoms with E-state index in [1.54, 1.807) is 19.0 Å². The highest BCUT2D eigenvalue weighted by Crippen LogP contribution is 2.28. The lowest BCUT2D eigenvalue weighted by Gasteiger charge is -2.41. The molecule has 9 heteroatoms. The highest BCUT2D eigenvalue weighted by molar-refractivity contribution is 6.04. The highest BCUT2D eigenvalue weighted by atomic mass is 16.5. The first-order valence-electron chi connectivity index (χ1n) is 13.0. The Labute approximate surface area is 218 Å². The van der Waals surface area contributed by atoms with E-state index in [1.165, 1.54) is 16.0 Å². The molecule has 3 aliphatic heterocycles. The number of likely N-dealkylation sites (N-methyl/N-ethyl adjacent to an activating group) is 2. The molecule has 0 radical (unpaired) electrons. The molecule has 2 unspecified atom stereocenters. The third-order valence-corrected chi connectivity index (χ3v) is 7.42. The fraction of sp³-hybridized carbons (Fsp3) is 0.464. The van der Waals surface area contributed by atoms with Crippen molar-refractivity contribution in [2.24, 2.45) is 4.99 Å². The number of carbonyl (C=O) groups is 2. The predicted octanol–water partition coefficient (Wildman–Crippen LogP) is 1.95. The van der Waals surface area contributed by atoms with Gasteiger partial charge in [0.05, 0.1) is 19.8 Å². The Morgan fingerprint density at radius 1 is 0.865 bits per heavy atom. The smallest absolute Gasteiger partial charge is 0.328 e. The quantitative estimate of drug-likeness (QED) is 0.520.